The molecule has 1 fully saturated rings. The summed E-state index contributed by atoms with van der Waals surface area (Å²) in [5, 5.41) is 0. The average Bonchev–Trinajstić information content (AvgIpc) is 2.97. The first-order valence-corrected chi connectivity index (χ1v) is 7.77. The van der Waals surface area contributed by atoms with Crippen LogP contribution in [0.15, 0.2) is 35.3 Å². The Kier molecular flexibility index (Phi) is 5.62. The summed E-state index contributed by atoms with van der Waals surface area (Å²) < 4.78 is 0. The van der Waals surface area contributed by atoms with Crippen LogP contribution in [-0.4, -0.2) is 68.5 Å². The molecule has 0 N–H and O–H groups in total. The van der Waals surface area contributed by atoms with E-state index in [0.717, 1.165) is 12.5 Å². The Labute approximate surface area is 129 Å². The van der Waals surface area contributed by atoms with E-state index < -0.39 is 0 Å². The highest BCUT2D eigenvalue weighted by Gasteiger charge is 2.23. The highest BCUT2D eigenvalue weighted by Crippen LogP contribution is 2.25. The molecule has 0 bridgehead atoms. The van der Waals surface area contributed by atoms with Gasteiger partial charge in [0, 0.05) is 28.2 Å². The van der Waals surface area contributed by atoms with Gasteiger partial charge in [0.05, 0.1) is 12.6 Å². The minimum Gasteiger partial charge on any atom is -0.349 e. The maximum atomic E-state index is 4.87. The quantitative estimate of drug-likeness (QED) is 0.627. The standard InChI is InChI=1S/C17H28N4/c1-19(2)17(20(3)4)18-14-16(21-12-8-9-13-21)15-10-6-5-7-11-15/h5-7,10-11,16H,8-9,12-14H2,1-4H3. The van der Waals surface area contributed by atoms with Gasteiger partial charge in [0.1, 0.15) is 0 Å². The van der Waals surface area contributed by atoms with Crippen LogP contribution < -0.4 is 0 Å². The van der Waals surface area contributed by atoms with Crippen molar-refractivity contribution in [3.05, 3.63) is 35.9 Å². The van der Waals surface area contributed by atoms with E-state index in [1.807, 2.05) is 28.2 Å². The second kappa shape index (κ2) is 7.46. The summed E-state index contributed by atoms with van der Waals surface area (Å²) in [7, 11) is 8.19. The normalized spacial score (nSPS) is 16.6. The number of likely N-dealkylation sites (tertiary alicyclic amines) is 1. The van der Waals surface area contributed by atoms with Crippen LogP contribution in [0, 0.1) is 0 Å². The highest BCUT2D eigenvalue weighted by molar-refractivity contribution is 5.79. The average molecular weight is 288 g/mol. The van der Waals surface area contributed by atoms with Gasteiger partial charge in [0.15, 0.2) is 5.96 Å². The second-order valence-corrected chi connectivity index (χ2v) is 6.10. The van der Waals surface area contributed by atoms with Crippen molar-refractivity contribution in [2.24, 2.45) is 4.99 Å². The van der Waals surface area contributed by atoms with Gasteiger partial charge in [-0.15, -0.1) is 0 Å². The van der Waals surface area contributed by atoms with E-state index in [1.165, 1.54) is 31.5 Å². The van der Waals surface area contributed by atoms with Gasteiger partial charge in [0.25, 0.3) is 0 Å². The van der Waals surface area contributed by atoms with Gasteiger partial charge in [-0.25, -0.2) is 0 Å². The topological polar surface area (TPSA) is 22.1 Å². The molecule has 1 heterocycles. The molecule has 0 saturated carbocycles. The summed E-state index contributed by atoms with van der Waals surface area (Å²) in [6.07, 6.45) is 2.61. The number of hydrogen-bond donors (Lipinski definition) is 0. The minimum absolute atomic E-state index is 0.392. The van der Waals surface area contributed by atoms with Gasteiger partial charge in [-0.05, 0) is 31.5 Å². The van der Waals surface area contributed by atoms with Crippen molar-refractivity contribution in [2.45, 2.75) is 18.9 Å². The molecule has 2 rings (SSSR count). The fourth-order valence-electron chi connectivity index (χ4n) is 3.01. The molecule has 4 nitrogen and oxygen atoms in total. The van der Waals surface area contributed by atoms with Crippen LogP contribution in [0.1, 0.15) is 24.4 Å². The number of rotatable bonds is 4. The van der Waals surface area contributed by atoms with E-state index in [9.17, 15) is 0 Å². The van der Waals surface area contributed by atoms with Crippen molar-refractivity contribution in [1.82, 2.24) is 14.7 Å². The predicted octanol–water partition coefficient (Wildman–Crippen LogP) is 2.30. The van der Waals surface area contributed by atoms with Crippen LogP contribution in [0.2, 0.25) is 0 Å². The Morgan fingerprint density at radius 3 is 2.14 bits per heavy atom. The van der Waals surface area contributed by atoms with E-state index >= 15 is 0 Å². The lowest BCUT2D eigenvalue weighted by molar-refractivity contribution is 0.250. The molecular formula is C17H28N4. The first-order valence-electron chi connectivity index (χ1n) is 7.77. The Bertz CT molecular complexity index is 437. The number of nitrogens with zero attached hydrogens (tertiary/aromatic N) is 4. The van der Waals surface area contributed by atoms with Crippen LogP contribution >= 0.6 is 0 Å². The molecule has 1 aliphatic rings. The maximum Gasteiger partial charge on any atom is 0.195 e. The molecule has 1 saturated heterocycles. The van der Waals surface area contributed by atoms with Gasteiger partial charge in [0.2, 0.25) is 0 Å². The van der Waals surface area contributed by atoms with Crippen LogP contribution in [0.25, 0.3) is 0 Å². The fourth-order valence-corrected chi connectivity index (χ4v) is 3.01. The number of benzene rings is 1. The molecule has 1 aliphatic heterocycles. The SMILES string of the molecule is CN(C)C(=NCC(c1ccccc1)N1CCCC1)N(C)C. The van der Waals surface area contributed by atoms with E-state index in [1.54, 1.807) is 0 Å². The second-order valence-electron chi connectivity index (χ2n) is 6.10. The highest BCUT2D eigenvalue weighted by atomic mass is 15.3. The lowest BCUT2D eigenvalue weighted by Crippen LogP contribution is -2.36. The third-order valence-electron chi connectivity index (χ3n) is 3.97. The van der Waals surface area contributed by atoms with E-state index in [2.05, 4.69) is 45.0 Å². The molecule has 1 aromatic carbocycles. The lowest BCUT2D eigenvalue weighted by atomic mass is 10.1. The molecule has 0 aliphatic carbocycles. The third kappa shape index (κ3) is 4.21. The molecule has 0 aromatic heterocycles. The van der Waals surface area contributed by atoms with Crippen molar-refractivity contribution >= 4 is 5.96 Å². The zero-order valence-corrected chi connectivity index (χ0v) is 13.8. The molecule has 116 valence electrons. The molecule has 1 atom stereocenters. The predicted molar refractivity (Wildman–Crippen MR) is 89.7 cm³/mol. The fraction of sp³-hybridized carbons (Fsp3) is 0.588. The Balaban J connectivity index is 2.18. The van der Waals surface area contributed by atoms with Gasteiger partial charge in [-0.2, -0.15) is 0 Å². The van der Waals surface area contributed by atoms with Crippen molar-refractivity contribution in [3.63, 3.8) is 0 Å². The van der Waals surface area contributed by atoms with Gasteiger partial charge < -0.3 is 9.80 Å². The van der Waals surface area contributed by atoms with Crippen molar-refractivity contribution < 1.29 is 0 Å². The van der Waals surface area contributed by atoms with E-state index in [0.29, 0.717) is 6.04 Å². The summed E-state index contributed by atoms with van der Waals surface area (Å²) in [6.45, 7) is 3.19. The zero-order chi connectivity index (χ0) is 15.2. The van der Waals surface area contributed by atoms with Crippen LogP contribution in [0.4, 0.5) is 0 Å². The van der Waals surface area contributed by atoms with E-state index in [-0.39, 0.29) is 0 Å². The Hall–Kier alpha value is -1.55. The van der Waals surface area contributed by atoms with Crippen LogP contribution in [0.3, 0.4) is 0 Å². The van der Waals surface area contributed by atoms with Crippen LogP contribution in [-0.2, 0) is 0 Å². The molecule has 0 amide bonds. The minimum atomic E-state index is 0.392. The number of hydrogen-bond acceptors (Lipinski definition) is 2. The van der Waals surface area contributed by atoms with E-state index in [4.69, 9.17) is 4.99 Å². The molecule has 21 heavy (non-hydrogen) atoms. The first-order chi connectivity index (χ1) is 10.1. The molecule has 0 radical (unpaired) electrons. The first kappa shape index (κ1) is 15.8. The molecule has 1 aromatic rings. The Morgan fingerprint density at radius 1 is 1.05 bits per heavy atom. The summed E-state index contributed by atoms with van der Waals surface area (Å²) in [5.41, 5.74) is 1.38. The molecule has 4 heteroatoms. The maximum absolute atomic E-state index is 4.87. The lowest BCUT2D eigenvalue weighted by Gasteiger charge is -2.28. The smallest absolute Gasteiger partial charge is 0.195 e. The summed E-state index contributed by atoms with van der Waals surface area (Å²) in [5.74, 6) is 1.02. The summed E-state index contributed by atoms with van der Waals surface area (Å²) in [4.78, 5) is 11.6. The van der Waals surface area contributed by atoms with Crippen molar-refractivity contribution in [2.75, 3.05) is 47.8 Å². The third-order valence-corrected chi connectivity index (χ3v) is 3.97. The molecular weight excluding hydrogens is 260 g/mol. The van der Waals surface area contributed by atoms with Gasteiger partial charge in [-0.3, -0.25) is 9.89 Å². The van der Waals surface area contributed by atoms with Crippen LogP contribution in [0.5, 0.6) is 0 Å². The van der Waals surface area contributed by atoms with Gasteiger partial charge in [-0.1, -0.05) is 30.3 Å². The van der Waals surface area contributed by atoms with Crippen molar-refractivity contribution in [1.29, 1.82) is 0 Å². The molecule has 1 unspecified atom stereocenters. The summed E-state index contributed by atoms with van der Waals surface area (Å²) >= 11 is 0. The largest absolute Gasteiger partial charge is 0.349 e. The number of aliphatic imine (C=N–C) groups is 1. The molecule has 0 spiro atoms. The Morgan fingerprint density at radius 2 is 1.62 bits per heavy atom. The number of guanidine groups is 1. The summed E-state index contributed by atoms with van der Waals surface area (Å²) in [6, 6.07) is 11.2. The van der Waals surface area contributed by atoms with Crippen molar-refractivity contribution in [3.8, 4) is 0 Å². The zero-order valence-electron chi connectivity index (χ0n) is 13.8. The monoisotopic (exact) mass is 288 g/mol. The van der Waals surface area contributed by atoms with Gasteiger partial charge >= 0.3 is 0 Å².